The normalized spacial score (nSPS) is 13.9. The molecule has 0 saturated carbocycles. The predicted molar refractivity (Wildman–Crippen MR) is 75.0 cm³/mol. The molecule has 2 aromatic heterocycles. The smallest absolute Gasteiger partial charge is 0.160 e. The Hall–Kier alpha value is -1.46. The third-order valence-electron chi connectivity index (χ3n) is 3.34. The largest absolute Gasteiger partial charge is 0.379 e. The van der Waals surface area contributed by atoms with Gasteiger partial charge in [0, 0.05) is 19.3 Å². The molecule has 1 N–H and O–H groups in total. The van der Waals surface area contributed by atoms with Gasteiger partial charge in [-0.3, -0.25) is 4.40 Å². The van der Waals surface area contributed by atoms with Gasteiger partial charge in [0.15, 0.2) is 11.5 Å². The van der Waals surface area contributed by atoms with Crippen molar-refractivity contribution < 1.29 is 4.74 Å². The van der Waals surface area contributed by atoms with Crippen LogP contribution in [0.25, 0.3) is 5.65 Å². The number of hydrogen-bond donors (Lipinski definition) is 1. The Morgan fingerprint density at radius 1 is 1.37 bits per heavy atom. The summed E-state index contributed by atoms with van der Waals surface area (Å²) in [6, 6.07) is 6.25. The number of nitrogens with one attached hydrogen (secondary N) is 1. The highest BCUT2D eigenvalue weighted by Gasteiger charge is 2.20. The molecule has 0 aliphatic rings. The van der Waals surface area contributed by atoms with E-state index in [4.69, 9.17) is 4.74 Å². The minimum absolute atomic E-state index is 0.112. The zero-order valence-electron chi connectivity index (χ0n) is 12.1. The van der Waals surface area contributed by atoms with Gasteiger partial charge in [-0.05, 0) is 39.3 Å². The van der Waals surface area contributed by atoms with Gasteiger partial charge in [-0.15, -0.1) is 10.2 Å². The highest BCUT2D eigenvalue weighted by Crippen LogP contribution is 2.15. The summed E-state index contributed by atoms with van der Waals surface area (Å²) in [6.07, 6.45) is 2.93. The maximum absolute atomic E-state index is 5.44. The van der Waals surface area contributed by atoms with Gasteiger partial charge in [0.1, 0.15) is 0 Å². The zero-order chi connectivity index (χ0) is 13.9. The maximum Gasteiger partial charge on any atom is 0.160 e. The standard InChI is InChI=1S/C14H22N4O/c1-11(9-14(2,3)19-4)15-10-13-17-16-12-7-5-6-8-18(12)13/h5-8,11,15H,9-10H2,1-4H3. The van der Waals surface area contributed by atoms with Gasteiger partial charge in [-0.25, -0.2) is 0 Å². The molecule has 0 bridgehead atoms. The van der Waals surface area contributed by atoms with E-state index in [-0.39, 0.29) is 5.60 Å². The van der Waals surface area contributed by atoms with Gasteiger partial charge in [-0.1, -0.05) is 6.07 Å². The van der Waals surface area contributed by atoms with Crippen molar-refractivity contribution in [3.63, 3.8) is 0 Å². The molecule has 0 fully saturated rings. The van der Waals surface area contributed by atoms with Crippen LogP contribution in [-0.2, 0) is 11.3 Å². The Balaban J connectivity index is 1.95. The van der Waals surface area contributed by atoms with E-state index in [0.29, 0.717) is 12.6 Å². The summed E-state index contributed by atoms with van der Waals surface area (Å²) >= 11 is 0. The lowest BCUT2D eigenvalue weighted by molar-refractivity contribution is 0.00839. The Bertz CT molecular complexity index is 535. The van der Waals surface area contributed by atoms with Gasteiger partial charge in [0.25, 0.3) is 0 Å². The van der Waals surface area contributed by atoms with E-state index in [1.807, 2.05) is 28.8 Å². The minimum atomic E-state index is -0.112. The lowest BCUT2D eigenvalue weighted by Crippen LogP contribution is -2.35. The monoisotopic (exact) mass is 262 g/mol. The van der Waals surface area contributed by atoms with Gasteiger partial charge in [0.05, 0.1) is 12.1 Å². The first-order valence-electron chi connectivity index (χ1n) is 6.59. The van der Waals surface area contributed by atoms with Crippen LogP contribution >= 0.6 is 0 Å². The molecule has 1 unspecified atom stereocenters. The van der Waals surface area contributed by atoms with Crippen molar-refractivity contribution in [1.29, 1.82) is 0 Å². The molecule has 1 atom stereocenters. The molecule has 0 radical (unpaired) electrons. The van der Waals surface area contributed by atoms with Crippen molar-refractivity contribution in [2.24, 2.45) is 0 Å². The summed E-state index contributed by atoms with van der Waals surface area (Å²) in [7, 11) is 1.75. The molecule has 0 aliphatic heterocycles. The second kappa shape index (κ2) is 5.67. The third-order valence-corrected chi connectivity index (χ3v) is 3.34. The highest BCUT2D eigenvalue weighted by molar-refractivity contribution is 5.36. The number of hydrogen-bond acceptors (Lipinski definition) is 4. The molecule has 2 heterocycles. The first-order valence-corrected chi connectivity index (χ1v) is 6.59. The fourth-order valence-corrected chi connectivity index (χ4v) is 2.17. The van der Waals surface area contributed by atoms with E-state index in [9.17, 15) is 0 Å². The van der Waals surface area contributed by atoms with Gasteiger partial charge >= 0.3 is 0 Å². The van der Waals surface area contributed by atoms with Crippen LogP contribution < -0.4 is 5.32 Å². The van der Waals surface area contributed by atoms with E-state index >= 15 is 0 Å². The van der Waals surface area contributed by atoms with Gasteiger partial charge < -0.3 is 10.1 Å². The fraction of sp³-hybridized carbons (Fsp3) is 0.571. The van der Waals surface area contributed by atoms with Crippen LogP contribution in [0.1, 0.15) is 33.0 Å². The van der Waals surface area contributed by atoms with Crippen LogP contribution in [0.3, 0.4) is 0 Å². The molecule has 0 spiro atoms. The molecule has 0 saturated heterocycles. The first-order chi connectivity index (χ1) is 9.02. The summed E-state index contributed by atoms with van der Waals surface area (Å²) in [4.78, 5) is 0. The second-order valence-corrected chi connectivity index (χ2v) is 5.49. The van der Waals surface area contributed by atoms with E-state index in [0.717, 1.165) is 17.9 Å². The summed E-state index contributed by atoms with van der Waals surface area (Å²) in [5.41, 5.74) is 0.767. The fourth-order valence-electron chi connectivity index (χ4n) is 2.17. The number of ether oxygens (including phenoxy) is 1. The van der Waals surface area contributed by atoms with E-state index in [1.54, 1.807) is 7.11 Å². The average Bonchev–Trinajstić information content (AvgIpc) is 2.79. The SMILES string of the molecule is COC(C)(C)CC(C)NCc1nnc2ccccn12. The Morgan fingerprint density at radius 3 is 2.89 bits per heavy atom. The van der Waals surface area contributed by atoms with E-state index in [1.165, 1.54) is 0 Å². The van der Waals surface area contributed by atoms with Crippen molar-refractivity contribution in [3.8, 4) is 0 Å². The minimum Gasteiger partial charge on any atom is -0.379 e. The topological polar surface area (TPSA) is 51.5 Å². The maximum atomic E-state index is 5.44. The van der Waals surface area contributed by atoms with Gasteiger partial charge in [0.2, 0.25) is 0 Å². The van der Waals surface area contributed by atoms with Crippen LogP contribution in [0.4, 0.5) is 0 Å². The number of pyridine rings is 1. The van der Waals surface area contributed by atoms with E-state index in [2.05, 4.69) is 36.3 Å². The lowest BCUT2D eigenvalue weighted by atomic mass is 10.00. The molecule has 5 heteroatoms. The number of rotatable bonds is 6. The highest BCUT2D eigenvalue weighted by atomic mass is 16.5. The van der Waals surface area contributed by atoms with Crippen molar-refractivity contribution in [2.45, 2.75) is 45.4 Å². The number of aromatic nitrogens is 3. The molecule has 0 amide bonds. The number of methoxy groups -OCH3 is 1. The molecule has 19 heavy (non-hydrogen) atoms. The molecular formula is C14H22N4O. The first kappa shape index (κ1) is 14.0. The summed E-state index contributed by atoms with van der Waals surface area (Å²) in [5.74, 6) is 0.928. The van der Waals surface area contributed by atoms with Crippen molar-refractivity contribution in [2.75, 3.05) is 7.11 Å². The van der Waals surface area contributed by atoms with Crippen LogP contribution in [0.5, 0.6) is 0 Å². The Kier molecular flexibility index (Phi) is 4.17. The van der Waals surface area contributed by atoms with Crippen molar-refractivity contribution in [1.82, 2.24) is 19.9 Å². The lowest BCUT2D eigenvalue weighted by Gasteiger charge is -2.27. The number of fused-ring (bicyclic) bond motifs is 1. The number of nitrogens with zero attached hydrogens (tertiary/aromatic N) is 3. The summed E-state index contributed by atoms with van der Waals surface area (Å²) in [6.45, 7) is 7.05. The average molecular weight is 262 g/mol. The van der Waals surface area contributed by atoms with Crippen molar-refractivity contribution >= 4 is 5.65 Å². The van der Waals surface area contributed by atoms with Crippen LogP contribution in [0.15, 0.2) is 24.4 Å². The molecule has 2 rings (SSSR count). The molecule has 0 aliphatic carbocycles. The summed E-state index contributed by atoms with van der Waals surface area (Å²) in [5, 5.41) is 11.8. The van der Waals surface area contributed by atoms with Gasteiger partial charge in [-0.2, -0.15) is 0 Å². The molecule has 2 aromatic rings. The summed E-state index contributed by atoms with van der Waals surface area (Å²) < 4.78 is 7.44. The van der Waals surface area contributed by atoms with Crippen LogP contribution in [0, 0.1) is 0 Å². The molecule has 104 valence electrons. The zero-order valence-corrected chi connectivity index (χ0v) is 12.1. The van der Waals surface area contributed by atoms with Crippen LogP contribution in [0.2, 0.25) is 0 Å². The predicted octanol–water partition coefficient (Wildman–Crippen LogP) is 2.02. The van der Waals surface area contributed by atoms with E-state index < -0.39 is 0 Å². The molecule has 5 nitrogen and oxygen atoms in total. The quantitative estimate of drug-likeness (QED) is 0.865. The second-order valence-electron chi connectivity index (χ2n) is 5.49. The Labute approximate surface area is 114 Å². The third kappa shape index (κ3) is 3.52. The molecule has 0 aromatic carbocycles. The van der Waals surface area contributed by atoms with Crippen molar-refractivity contribution in [3.05, 3.63) is 30.2 Å². The molecular weight excluding hydrogens is 240 g/mol. The Morgan fingerprint density at radius 2 is 2.16 bits per heavy atom. The van der Waals surface area contributed by atoms with Crippen LogP contribution in [-0.4, -0.2) is 33.4 Å².